The Morgan fingerprint density at radius 2 is 1.89 bits per heavy atom. The molecule has 2 rings (SSSR count). The van der Waals surface area contributed by atoms with Gasteiger partial charge in [-0.1, -0.05) is 30.8 Å². The van der Waals surface area contributed by atoms with Crippen molar-refractivity contribution in [2.24, 2.45) is 0 Å². The topological polar surface area (TPSA) is 29.5 Å². The maximum atomic E-state index is 11.8. The molecule has 1 aliphatic heterocycles. The number of rotatable bonds is 5. The van der Waals surface area contributed by atoms with Gasteiger partial charge in [0, 0.05) is 26.1 Å². The molecule has 102 valence electrons. The zero-order valence-electron chi connectivity index (χ0n) is 11.5. The second kappa shape index (κ2) is 6.64. The quantitative estimate of drug-likeness (QED) is 0.759. The van der Waals surface area contributed by atoms with Crippen LogP contribution in [-0.2, 0) is 22.5 Å². The molecule has 3 nitrogen and oxygen atoms in total. The molecule has 19 heavy (non-hydrogen) atoms. The first-order chi connectivity index (χ1) is 9.16. The number of allylic oxidation sites excluding steroid dienone is 1. The van der Waals surface area contributed by atoms with E-state index < -0.39 is 0 Å². The van der Waals surface area contributed by atoms with Gasteiger partial charge < -0.3 is 4.74 Å². The third-order valence-corrected chi connectivity index (χ3v) is 3.44. The largest absolute Gasteiger partial charge is 0.379 e. The first-order valence-corrected chi connectivity index (χ1v) is 6.72. The maximum Gasteiger partial charge on any atom is 0.162 e. The van der Waals surface area contributed by atoms with Crippen LogP contribution in [0.3, 0.4) is 0 Å². The summed E-state index contributed by atoms with van der Waals surface area (Å²) < 4.78 is 5.36. The van der Waals surface area contributed by atoms with Gasteiger partial charge in [0.2, 0.25) is 0 Å². The average Bonchev–Trinajstić information content (AvgIpc) is 2.42. The van der Waals surface area contributed by atoms with Crippen molar-refractivity contribution in [3.8, 4) is 0 Å². The van der Waals surface area contributed by atoms with E-state index >= 15 is 0 Å². The molecule has 0 aliphatic carbocycles. The molecule has 0 unspecified atom stereocenters. The molecule has 0 amide bonds. The molecule has 1 aliphatic rings. The Kier molecular flexibility index (Phi) is 4.88. The van der Waals surface area contributed by atoms with Crippen molar-refractivity contribution in [1.29, 1.82) is 0 Å². The summed E-state index contributed by atoms with van der Waals surface area (Å²) in [4.78, 5) is 14.2. The predicted molar refractivity (Wildman–Crippen MR) is 76.1 cm³/mol. The predicted octanol–water partition coefficient (Wildman–Crippen LogP) is 2.21. The van der Waals surface area contributed by atoms with Gasteiger partial charge in [-0.2, -0.15) is 0 Å². The second-order valence-corrected chi connectivity index (χ2v) is 5.04. The van der Waals surface area contributed by atoms with Crippen LogP contribution in [0, 0.1) is 0 Å². The van der Waals surface area contributed by atoms with Gasteiger partial charge in [0.05, 0.1) is 13.2 Å². The molecule has 0 spiro atoms. The highest BCUT2D eigenvalue weighted by atomic mass is 16.5. The Labute approximate surface area is 114 Å². The van der Waals surface area contributed by atoms with Crippen molar-refractivity contribution in [2.45, 2.75) is 19.9 Å². The molecule has 0 bridgehead atoms. The van der Waals surface area contributed by atoms with Crippen LogP contribution in [0.15, 0.2) is 36.4 Å². The Morgan fingerprint density at radius 1 is 1.26 bits per heavy atom. The van der Waals surface area contributed by atoms with Crippen molar-refractivity contribution >= 4 is 5.78 Å². The zero-order chi connectivity index (χ0) is 13.7. The number of Topliss-reactive ketones (excluding diaryl/α,β-unsaturated/α-hetero) is 1. The highest BCUT2D eigenvalue weighted by molar-refractivity contribution is 5.95. The van der Waals surface area contributed by atoms with Gasteiger partial charge in [-0.05, 0) is 23.6 Å². The third kappa shape index (κ3) is 4.01. The smallest absolute Gasteiger partial charge is 0.162 e. The minimum absolute atomic E-state index is 0.120. The molecule has 3 heteroatoms. The van der Waals surface area contributed by atoms with Crippen LogP contribution in [0.5, 0.6) is 0 Å². The van der Waals surface area contributed by atoms with Gasteiger partial charge in [0.15, 0.2) is 5.78 Å². The lowest BCUT2D eigenvalue weighted by Crippen LogP contribution is -2.35. The summed E-state index contributed by atoms with van der Waals surface area (Å²) >= 11 is 0. The molecule has 0 aromatic heterocycles. The van der Waals surface area contributed by atoms with Gasteiger partial charge in [-0.3, -0.25) is 9.69 Å². The molecular weight excluding hydrogens is 238 g/mol. The number of benzene rings is 1. The number of hydrogen-bond acceptors (Lipinski definition) is 3. The molecule has 1 saturated heterocycles. The van der Waals surface area contributed by atoms with Crippen LogP contribution >= 0.6 is 0 Å². The molecule has 0 saturated carbocycles. The fraction of sp³-hybridized carbons (Fsp3) is 0.438. The summed E-state index contributed by atoms with van der Waals surface area (Å²) in [5.41, 5.74) is 2.97. The number of hydrogen-bond donors (Lipinski definition) is 0. The number of carbonyl (C=O) groups excluding carboxylic acids is 1. The monoisotopic (exact) mass is 259 g/mol. The molecule has 1 aromatic carbocycles. The normalized spacial score (nSPS) is 16.3. The molecule has 0 N–H and O–H groups in total. The van der Waals surface area contributed by atoms with E-state index in [-0.39, 0.29) is 5.78 Å². The molecular formula is C16H21NO2. The first-order valence-electron chi connectivity index (χ1n) is 6.72. The lowest BCUT2D eigenvalue weighted by atomic mass is 9.99. The van der Waals surface area contributed by atoms with Crippen molar-refractivity contribution < 1.29 is 9.53 Å². The first kappa shape index (κ1) is 14.0. The number of morpholine rings is 1. The van der Waals surface area contributed by atoms with Crippen LogP contribution < -0.4 is 0 Å². The van der Waals surface area contributed by atoms with E-state index in [4.69, 9.17) is 4.74 Å². The van der Waals surface area contributed by atoms with Gasteiger partial charge in [-0.15, -0.1) is 0 Å². The summed E-state index contributed by atoms with van der Waals surface area (Å²) in [7, 11) is 0. The molecule has 1 heterocycles. The highest BCUT2D eigenvalue weighted by Gasteiger charge is 2.14. The minimum atomic E-state index is 0.120. The van der Waals surface area contributed by atoms with Crippen molar-refractivity contribution in [3.05, 3.63) is 47.5 Å². The SMILES string of the molecule is C=C(C)C(=O)Cc1ccccc1CN1CCOCC1. The van der Waals surface area contributed by atoms with Gasteiger partial charge >= 0.3 is 0 Å². The second-order valence-electron chi connectivity index (χ2n) is 5.04. The Morgan fingerprint density at radius 3 is 2.53 bits per heavy atom. The molecule has 0 atom stereocenters. The summed E-state index contributed by atoms with van der Waals surface area (Å²) in [6.45, 7) is 9.90. The van der Waals surface area contributed by atoms with E-state index in [1.54, 1.807) is 6.92 Å². The standard InChI is InChI=1S/C16H21NO2/c1-13(2)16(18)11-14-5-3-4-6-15(14)12-17-7-9-19-10-8-17/h3-6H,1,7-12H2,2H3. The fourth-order valence-electron chi connectivity index (χ4n) is 2.21. The van der Waals surface area contributed by atoms with E-state index in [1.165, 1.54) is 5.56 Å². The number of ketones is 1. The van der Waals surface area contributed by atoms with E-state index in [1.807, 2.05) is 18.2 Å². The van der Waals surface area contributed by atoms with Gasteiger partial charge in [0.1, 0.15) is 0 Å². The number of carbonyl (C=O) groups is 1. The van der Waals surface area contributed by atoms with E-state index in [0.717, 1.165) is 38.4 Å². The summed E-state index contributed by atoms with van der Waals surface area (Å²) in [6, 6.07) is 8.17. The lowest BCUT2D eigenvalue weighted by molar-refractivity contribution is -0.114. The van der Waals surface area contributed by atoms with Crippen LogP contribution in [-0.4, -0.2) is 37.0 Å². The lowest BCUT2D eigenvalue weighted by Gasteiger charge is -2.27. The summed E-state index contributed by atoms with van der Waals surface area (Å²) in [5.74, 6) is 0.120. The van der Waals surface area contributed by atoms with E-state index in [9.17, 15) is 4.79 Å². The van der Waals surface area contributed by atoms with E-state index in [0.29, 0.717) is 12.0 Å². The fourth-order valence-corrected chi connectivity index (χ4v) is 2.21. The Bertz CT molecular complexity index is 462. The van der Waals surface area contributed by atoms with Crippen molar-refractivity contribution in [2.75, 3.05) is 26.3 Å². The molecule has 1 aromatic rings. The molecule has 0 radical (unpaired) electrons. The zero-order valence-corrected chi connectivity index (χ0v) is 11.5. The van der Waals surface area contributed by atoms with Gasteiger partial charge in [-0.25, -0.2) is 0 Å². The van der Waals surface area contributed by atoms with Crippen molar-refractivity contribution in [1.82, 2.24) is 4.90 Å². The number of nitrogens with zero attached hydrogens (tertiary/aromatic N) is 1. The van der Waals surface area contributed by atoms with E-state index in [2.05, 4.69) is 17.5 Å². The van der Waals surface area contributed by atoms with Crippen molar-refractivity contribution in [3.63, 3.8) is 0 Å². The minimum Gasteiger partial charge on any atom is -0.379 e. The Hall–Kier alpha value is -1.45. The Balaban J connectivity index is 2.07. The highest BCUT2D eigenvalue weighted by Crippen LogP contribution is 2.15. The van der Waals surface area contributed by atoms with Crippen LogP contribution in [0.25, 0.3) is 0 Å². The molecule has 1 fully saturated rings. The van der Waals surface area contributed by atoms with Crippen LogP contribution in [0.2, 0.25) is 0 Å². The summed E-state index contributed by atoms with van der Waals surface area (Å²) in [6.07, 6.45) is 0.454. The average molecular weight is 259 g/mol. The van der Waals surface area contributed by atoms with Crippen LogP contribution in [0.1, 0.15) is 18.1 Å². The number of ether oxygens (including phenoxy) is 1. The van der Waals surface area contributed by atoms with Crippen LogP contribution in [0.4, 0.5) is 0 Å². The van der Waals surface area contributed by atoms with Gasteiger partial charge in [0.25, 0.3) is 0 Å². The summed E-state index contributed by atoms with van der Waals surface area (Å²) in [5, 5.41) is 0. The maximum absolute atomic E-state index is 11.8. The third-order valence-electron chi connectivity index (χ3n) is 3.44.